The van der Waals surface area contributed by atoms with Gasteiger partial charge >= 0.3 is 0 Å². The number of nitrogens with zero attached hydrogens (tertiary/aromatic N) is 1. The van der Waals surface area contributed by atoms with Crippen LogP contribution in [0, 0.1) is 13.8 Å². The molecule has 0 atom stereocenters. The molecule has 1 rings (SSSR count). The van der Waals surface area contributed by atoms with Crippen LogP contribution in [0.3, 0.4) is 0 Å². The Morgan fingerprint density at radius 2 is 1.72 bits per heavy atom. The summed E-state index contributed by atoms with van der Waals surface area (Å²) in [6.45, 7) is 5.82. The van der Waals surface area contributed by atoms with E-state index in [-0.39, 0.29) is 12.4 Å². The summed E-state index contributed by atoms with van der Waals surface area (Å²) in [7, 11) is -3.30. The summed E-state index contributed by atoms with van der Waals surface area (Å²) in [5.74, 6) is 0.0609. The molecular formula is C13H21NO3S. The van der Waals surface area contributed by atoms with Crippen LogP contribution in [0.1, 0.15) is 24.5 Å². The van der Waals surface area contributed by atoms with Crippen molar-refractivity contribution >= 4 is 15.7 Å². The largest absolute Gasteiger partial charge is 0.396 e. The molecule has 0 aliphatic heterocycles. The van der Waals surface area contributed by atoms with Gasteiger partial charge in [-0.05, 0) is 50.5 Å². The number of aliphatic hydroxyl groups excluding tert-OH is 1. The third kappa shape index (κ3) is 3.71. The highest BCUT2D eigenvalue weighted by atomic mass is 32.2. The fourth-order valence-corrected chi connectivity index (χ4v) is 3.04. The van der Waals surface area contributed by atoms with Gasteiger partial charge in [0, 0.05) is 13.2 Å². The molecule has 18 heavy (non-hydrogen) atoms. The van der Waals surface area contributed by atoms with Gasteiger partial charge in [0.1, 0.15) is 0 Å². The van der Waals surface area contributed by atoms with Gasteiger partial charge in [-0.3, -0.25) is 4.31 Å². The minimum absolute atomic E-state index is 0.0134. The second kappa shape index (κ2) is 6.20. The highest BCUT2D eigenvalue weighted by Gasteiger charge is 2.20. The molecular weight excluding hydrogens is 250 g/mol. The number of benzene rings is 1. The first-order valence-corrected chi connectivity index (χ1v) is 7.71. The monoisotopic (exact) mass is 271 g/mol. The highest BCUT2D eigenvalue weighted by Crippen LogP contribution is 2.22. The molecule has 1 aromatic carbocycles. The molecule has 0 radical (unpaired) electrons. The average molecular weight is 271 g/mol. The number of rotatable bonds is 6. The average Bonchev–Trinajstić information content (AvgIpc) is 2.28. The number of anilines is 1. The van der Waals surface area contributed by atoms with E-state index in [1.807, 2.05) is 32.0 Å². The Balaban J connectivity index is 3.17. The quantitative estimate of drug-likeness (QED) is 0.859. The van der Waals surface area contributed by atoms with Crippen molar-refractivity contribution in [3.8, 4) is 0 Å². The third-order valence-electron chi connectivity index (χ3n) is 2.71. The van der Waals surface area contributed by atoms with Crippen molar-refractivity contribution in [2.45, 2.75) is 27.2 Å². The number of aryl methyl sites for hydroxylation is 2. The maximum absolute atomic E-state index is 12.1. The van der Waals surface area contributed by atoms with Crippen molar-refractivity contribution in [1.29, 1.82) is 0 Å². The van der Waals surface area contributed by atoms with E-state index in [1.54, 1.807) is 6.92 Å². The molecule has 102 valence electrons. The Kier molecular flexibility index (Phi) is 5.16. The standard InChI is InChI=1S/C13H21NO3S/c1-4-18(16,17)14(6-5-7-15)13-9-11(2)8-12(3)10-13/h8-10,15H,4-7H2,1-3H3. The van der Waals surface area contributed by atoms with Crippen molar-refractivity contribution < 1.29 is 13.5 Å². The third-order valence-corrected chi connectivity index (χ3v) is 4.51. The molecule has 0 amide bonds. The molecule has 0 bridgehead atoms. The second-order valence-electron chi connectivity index (χ2n) is 4.40. The smallest absolute Gasteiger partial charge is 0.234 e. The van der Waals surface area contributed by atoms with Gasteiger partial charge in [-0.1, -0.05) is 6.07 Å². The zero-order valence-corrected chi connectivity index (χ0v) is 12.0. The number of hydrogen-bond acceptors (Lipinski definition) is 3. The second-order valence-corrected chi connectivity index (χ2v) is 6.58. The van der Waals surface area contributed by atoms with Gasteiger partial charge in [0.15, 0.2) is 0 Å². The Bertz CT molecular complexity index is 477. The normalized spacial score (nSPS) is 11.6. The van der Waals surface area contributed by atoms with Crippen LogP contribution in [0.15, 0.2) is 18.2 Å². The molecule has 0 spiro atoms. The topological polar surface area (TPSA) is 57.6 Å². The summed E-state index contributed by atoms with van der Waals surface area (Å²) in [5.41, 5.74) is 2.75. The Labute approximate surface area is 109 Å². The zero-order valence-electron chi connectivity index (χ0n) is 11.2. The van der Waals surface area contributed by atoms with Crippen molar-refractivity contribution in [2.24, 2.45) is 0 Å². The molecule has 0 aromatic heterocycles. The lowest BCUT2D eigenvalue weighted by molar-refractivity contribution is 0.291. The molecule has 0 heterocycles. The summed E-state index contributed by atoms with van der Waals surface area (Å²) in [4.78, 5) is 0. The summed E-state index contributed by atoms with van der Waals surface area (Å²) < 4.78 is 25.5. The SMILES string of the molecule is CCS(=O)(=O)N(CCCO)c1cc(C)cc(C)c1. The van der Waals surface area contributed by atoms with Crippen LogP contribution in [-0.2, 0) is 10.0 Å². The van der Waals surface area contributed by atoms with Gasteiger partial charge in [0.05, 0.1) is 11.4 Å². The first-order chi connectivity index (χ1) is 8.40. The van der Waals surface area contributed by atoms with E-state index in [1.165, 1.54) is 4.31 Å². The zero-order chi connectivity index (χ0) is 13.8. The van der Waals surface area contributed by atoms with E-state index in [0.717, 1.165) is 11.1 Å². The lowest BCUT2D eigenvalue weighted by Gasteiger charge is -2.24. The molecule has 5 heteroatoms. The van der Waals surface area contributed by atoms with Crippen molar-refractivity contribution in [3.63, 3.8) is 0 Å². The summed E-state index contributed by atoms with van der Waals surface area (Å²) in [6, 6.07) is 5.72. The van der Waals surface area contributed by atoms with Crippen LogP contribution in [0.5, 0.6) is 0 Å². The van der Waals surface area contributed by atoms with Gasteiger partial charge in [-0.15, -0.1) is 0 Å². The molecule has 0 saturated heterocycles. The molecule has 0 aliphatic carbocycles. The minimum atomic E-state index is -3.30. The first-order valence-electron chi connectivity index (χ1n) is 6.10. The number of sulfonamides is 1. The van der Waals surface area contributed by atoms with Gasteiger partial charge in [0.25, 0.3) is 0 Å². The van der Waals surface area contributed by atoms with E-state index in [0.29, 0.717) is 18.7 Å². The minimum Gasteiger partial charge on any atom is -0.396 e. The van der Waals surface area contributed by atoms with Crippen molar-refractivity contribution in [2.75, 3.05) is 23.2 Å². The van der Waals surface area contributed by atoms with Crippen LogP contribution in [0.25, 0.3) is 0 Å². The van der Waals surface area contributed by atoms with Gasteiger partial charge in [-0.25, -0.2) is 8.42 Å². The predicted octanol–water partition coefficient (Wildman–Crippen LogP) is 1.84. The maximum Gasteiger partial charge on any atom is 0.234 e. The molecule has 0 aliphatic rings. The van der Waals surface area contributed by atoms with Gasteiger partial charge in [0.2, 0.25) is 10.0 Å². The van der Waals surface area contributed by atoms with Gasteiger partial charge < -0.3 is 5.11 Å². The van der Waals surface area contributed by atoms with Crippen LogP contribution >= 0.6 is 0 Å². The predicted molar refractivity (Wildman–Crippen MR) is 74.4 cm³/mol. The van der Waals surface area contributed by atoms with Crippen LogP contribution in [-0.4, -0.2) is 32.4 Å². The maximum atomic E-state index is 12.1. The molecule has 1 N–H and O–H groups in total. The molecule has 1 aromatic rings. The Morgan fingerprint density at radius 3 is 2.17 bits per heavy atom. The molecule has 0 fully saturated rings. The Morgan fingerprint density at radius 1 is 1.17 bits per heavy atom. The molecule has 0 unspecified atom stereocenters. The van der Waals surface area contributed by atoms with E-state index in [9.17, 15) is 8.42 Å². The lowest BCUT2D eigenvalue weighted by atomic mass is 10.1. The van der Waals surface area contributed by atoms with E-state index >= 15 is 0 Å². The summed E-state index contributed by atoms with van der Waals surface area (Å²) in [5, 5.41) is 8.89. The molecule has 0 saturated carbocycles. The van der Waals surface area contributed by atoms with Gasteiger partial charge in [-0.2, -0.15) is 0 Å². The fraction of sp³-hybridized carbons (Fsp3) is 0.538. The Hall–Kier alpha value is -1.07. The summed E-state index contributed by atoms with van der Waals surface area (Å²) >= 11 is 0. The van der Waals surface area contributed by atoms with Crippen molar-refractivity contribution in [1.82, 2.24) is 0 Å². The number of hydrogen-bond donors (Lipinski definition) is 1. The van der Waals surface area contributed by atoms with E-state index < -0.39 is 10.0 Å². The lowest BCUT2D eigenvalue weighted by Crippen LogP contribution is -2.33. The first kappa shape index (κ1) is 15.0. The molecule has 4 nitrogen and oxygen atoms in total. The number of aliphatic hydroxyl groups is 1. The van der Waals surface area contributed by atoms with E-state index in [2.05, 4.69) is 0 Å². The van der Waals surface area contributed by atoms with Crippen LogP contribution < -0.4 is 4.31 Å². The van der Waals surface area contributed by atoms with Crippen molar-refractivity contribution in [3.05, 3.63) is 29.3 Å². The summed E-state index contributed by atoms with van der Waals surface area (Å²) in [6.07, 6.45) is 0.437. The van der Waals surface area contributed by atoms with Crippen LogP contribution in [0.2, 0.25) is 0 Å². The van der Waals surface area contributed by atoms with Crippen LogP contribution in [0.4, 0.5) is 5.69 Å². The van der Waals surface area contributed by atoms with E-state index in [4.69, 9.17) is 5.11 Å². The highest BCUT2D eigenvalue weighted by molar-refractivity contribution is 7.92. The fourth-order valence-electron chi connectivity index (χ4n) is 1.89.